The van der Waals surface area contributed by atoms with E-state index < -0.39 is 10.0 Å². The summed E-state index contributed by atoms with van der Waals surface area (Å²) in [6.07, 6.45) is 2.62. The van der Waals surface area contributed by atoms with Gasteiger partial charge in [-0.2, -0.15) is 0 Å². The molecule has 1 aromatic carbocycles. The highest BCUT2D eigenvalue weighted by Crippen LogP contribution is 2.32. The van der Waals surface area contributed by atoms with Gasteiger partial charge in [-0.15, -0.1) is 0 Å². The Kier molecular flexibility index (Phi) is 8.33. The number of rotatable bonds is 11. The predicted octanol–water partition coefficient (Wildman–Crippen LogP) is 1.02. The Morgan fingerprint density at radius 3 is 2.63 bits per heavy atom. The molecule has 0 saturated heterocycles. The molecule has 3 N–H and O–H groups in total. The van der Waals surface area contributed by atoms with Gasteiger partial charge in [-0.3, -0.25) is 4.79 Å². The highest BCUT2D eigenvalue weighted by molar-refractivity contribution is 7.89. The minimum atomic E-state index is -3.59. The number of hydrogen-bond acceptors (Lipinski definition) is 6. The summed E-state index contributed by atoms with van der Waals surface area (Å²) in [6, 6.07) is 4.83. The Morgan fingerprint density at radius 2 is 1.89 bits per heavy atom. The van der Waals surface area contributed by atoms with Crippen LogP contribution in [0.2, 0.25) is 0 Å². The molecule has 1 atom stereocenters. The molecule has 1 heterocycles. The number of nitrogens with one attached hydrogen (secondary N) is 3. The Bertz CT molecular complexity index is 724. The van der Waals surface area contributed by atoms with Crippen molar-refractivity contribution in [3.05, 3.63) is 18.2 Å². The summed E-state index contributed by atoms with van der Waals surface area (Å²) in [6.45, 7) is 3.79. The number of carbonyl (C=O) groups is 1. The lowest BCUT2D eigenvalue weighted by Gasteiger charge is -2.18. The van der Waals surface area contributed by atoms with Crippen LogP contribution in [0.15, 0.2) is 23.1 Å². The van der Waals surface area contributed by atoms with E-state index in [4.69, 9.17) is 9.47 Å². The molecule has 1 amide bonds. The molecule has 1 aliphatic rings. The fourth-order valence-electron chi connectivity index (χ4n) is 2.53. The molecule has 0 fully saturated rings. The number of carbonyl (C=O) groups excluding carboxylic acids is 1. The maximum Gasteiger partial charge on any atom is 0.240 e. The molecule has 9 heteroatoms. The highest BCUT2D eigenvalue weighted by Gasteiger charge is 2.18. The molecule has 2 rings (SSSR count). The lowest BCUT2D eigenvalue weighted by molar-refractivity contribution is -0.121. The summed E-state index contributed by atoms with van der Waals surface area (Å²) in [4.78, 5) is 11.8. The molecular weight excluding hydrogens is 370 g/mol. The molecule has 0 radical (unpaired) electrons. The molecular formula is C18H29N3O5S. The van der Waals surface area contributed by atoms with Gasteiger partial charge >= 0.3 is 0 Å². The topological polar surface area (TPSA) is 106 Å². The Labute approximate surface area is 161 Å². The largest absolute Gasteiger partial charge is 0.486 e. The first-order valence-corrected chi connectivity index (χ1v) is 10.7. The van der Waals surface area contributed by atoms with E-state index in [1.165, 1.54) is 12.1 Å². The fourth-order valence-corrected chi connectivity index (χ4v) is 3.61. The maximum absolute atomic E-state index is 12.4. The van der Waals surface area contributed by atoms with E-state index >= 15 is 0 Å². The van der Waals surface area contributed by atoms with Crippen LogP contribution in [-0.4, -0.2) is 53.7 Å². The fraction of sp³-hybridized carbons (Fsp3) is 0.611. The molecule has 1 aliphatic heterocycles. The third-order valence-electron chi connectivity index (χ3n) is 4.29. The van der Waals surface area contributed by atoms with Crippen LogP contribution < -0.4 is 24.8 Å². The number of benzene rings is 1. The monoisotopic (exact) mass is 399 g/mol. The van der Waals surface area contributed by atoms with Crippen LogP contribution in [0.25, 0.3) is 0 Å². The summed E-state index contributed by atoms with van der Waals surface area (Å²) >= 11 is 0. The van der Waals surface area contributed by atoms with Crippen molar-refractivity contribution in [2.75, 3.05) is 33.4 Å². The molecule has 0 bridgehead atoms. The molecule has 1 aromatic rings. The second-order valence-electron chi connectivity index (χ2n) is 6.51. The Hall–Kier alpha value is -1.84. The van der Waals surface area contributed by atoms with E-state index in [1.54, 1.807) is 6.07 Å². The number of sulfonamides is 1. The van der Waals surface area contributed by atoms with Gasteiger partial charge in [0.15, 0.2) is 11.5 Å². The molecule has 27 heavy (non-hydrogen) atoms. The minimum absolute atomic E-state index is 0.0222. The molecule has 0 aromatic heterocycles. The van der Waals surface area contributed by atoms with Gasteiger partial charge in [-0.1, -0.05) is 6.42 Å². The van der Waals surface area contributed by atoms with Crippen LogP contribution in [0.5, 0.6) is 11.5 Å². The SMILES string of the molecule is CNC(C)CNC(=O)CCCCCNS(=O)(=O)c1ccc2c(c1)OCCO2. The average Bonchev–Trinajstić information content (AvgIpc) is 2.68. The first kappa shape index (κ1) is 21.5. The second kappa shape index (κ2) is 10.5. The standard InChI is InChI=1S/C18H29N3O5S/c1-14(19-2)13-20-18(22)6-4-3-5-9-21-27(23,24)15-7-8-16-17(12-15)26-11-10-25-16/h7-8,12,14,19,21H,3-6,9-11,13H2,1-2H3,(H,20,22). The first-order chi connectivity index (χ1) is 12.9. The lowest BCUT2D eigenvalue weighted by atomic mass is 10.2. The van der Waals surface area contributed by atoms with Crippen molar-refractivity contribution in [3.8, 4) is 11.5 Å². The zero-order valence-corrected chi connectivity index (χ0v) is 16.7. The third kappa shape index (κ3) is 7.00. The number of likely N-dealkylation sites (N-methyl/N-ethyl adjacent to an activating group) is 1. The van der Waals surface area contributed by atoms with Crippen LogP contribution in [0.4, 0.5) is 0 Å². The average molecular weight is 400 g/mol. The van der Waals surface area contributed by atoms with Gasteiger partial charge in [-0.05, 0) is 38.9 Å². The van der Waals surface area contributed by atoms with Gasteiger partial charge in [0.1, 0.15) is 13.2 Å². The number of hydrogen-bond donors (Lipinski definition) is 3. The Morgan fingerprint density at radius 1 is 1.15 bits per heavy atom. The zero-order valence-electron chi connectivity index (χ0n) is 15.9. The smallest absolute Gasteiger partial charge is 0.240 e. The first-order valence-electron chi connectivity index (χ1n) is 9.25. The molecule has 152 valence electrons. The van der Waals surface area contributed by atoms with E-state index in [-0.39, 0.29) is 16.8 Å². The summed E-state index contributed by atoms with van der Waals surface area (Å²) < 4.78 is 38.1. The second-order valence-corrected chi connectivity index (χ2v) is 8.27. The van der Waals surface area contributed by atoms with Crippen molar-refractivity contribution in [1.29, 1.82) is 0 Å². The van der Waals surface area contributed by atoms with Gasteiger partial charge in [0.05, 0.1) is 4.90 Å². The van der Waals surface area contributed by atoms with Crippen LogP contribution >= 0.6 is 0 Å². The quantitative estimate of drug-likeness (QED) is 0.480. The summed E-state index contributed by atoms with van der Waals surface area (Å²) in [5.74, 6) is 1.03. The van der Waals surface area contributed by atoms with Crippen LogP contribution in [-0.2, 0) is 14.8 Å². The third-order valence-corrected chi connectivity index (χ3v) is 5.75. The van der Waals surface area contributed by atoms with E-state index in [0.29, 0.717) is 50.6 Å². The number of amides is 1. The van der Waals surface area contributed by atoms with Gasteiger partial charge in [0.25, 0.3) is 0 Å². The van der Waals surface area contributed by atoms with E-state index in [9.17, 15) is 13.2 Å². The van der Waals surface area contributed by atoms with Crippen molar-refractivity contribution in [2.45, 2.75) is 43.5 Å². The van der Waals surface area contributed by atoms with Gasteiger partial charge in [0.2, 0.25) is 15.9 Å². The highest BCUT2D eigenvalue weighted by atomic mass is 32.2. The van der Waals surface area contributed by atoms with Crippen molar-refractivity contribution in [1.82, 2.24) is 15.4 Å². The van der Waals surface area contributed by atoms with Gasteiger partial charge in [0, 0.05) is 31.6 Å². The molecule has 0 saturated carbocycles. The van der Waals surface area contributed by atoms with Crippen molar-refractivity contribution in [3.63, 3.8) is 0 Å². The van der Waals surface area contributed by atoms with Crippen molar-refractivity contribution >= 4 is 15.9 Å². The van der Waals surface area contributed by atoms with Crippen molar-refractivity contribution < 1.29 is 22.7 Å². The maximum atomic E-state index is 12.4. The molecule has 0 aliphatic carbocycles. The summed E-state index contributed by atoms with van der Waals surface area (Å²) in [5.41, 5.74) is 0. The predicted molar refractivity (Wildman–Crippen MR) is 103 cm³/mol. The van der Waals surface area contributed by atoms with Crippen molar-refractivity contribution in [2.24, 2.45) is 0 Å². The van der Waals surface area contributed by atoms with E-state index in [1.807, 2.05) is 14.0 Å². The number of unbranched alkanes of at least 4 members (excludes halogenated alkanes) is 2. The lowest BCUT2D eigenvalue weighted by Crippen LogP contribution is -2.37. The normalized spacial score (nSPS) is 14.6. The van der Waals surface area contributed by atoms with Gasteiger partial charge < -0.3 is 20.1 Å². The number of ether oxygens (including phenoxy) is 2. The number of fused-ring (bicyclic) bond motifs is 1. The van der Waals surface area contributed by atoms with Gasteiger partial charge in [-0.25, -0.2) is 13.1 Å². The summed E-state index contributed by atoms with van der Waals surface area (Å²) in [7, 11) is -1.74. The minimum Gasteiger partial charge on any atom is -0.486 e. The molecule has 0 spiro atoms. The van der Waals surface area contributed by atoms with Crippen LogP contribution in [0, 0.1) is 0 Å². The zero-order chi connectivity index (χ0) is 19.7. The molecule has 8 nitrogen and oxygen atoms in total. The molecule has 1 unspecified atom stereocenters. The van der Waals surface area contributed by atoms with E-state index in [2.05, 4.69) is 15.4 Å². The van der Waals surface area contributed by atoms with Crippen LogP contribution in [0.3, 0.4) is 0 Å². The summed E-state index contributed by atoms with van der Waals surface area (Å²) in [5, 5.41) is 5.91. The van der Waals surface area contributed by atoms with Crippen LogP contribution in [0.1, 0.15) is 32.6 Å². The Balaban J connectivity index is 1.67. The van der Waals surface area contributed by atoms with E-state index in [0.717, 1.165) is 12.8 Å².